The van der Waals surface area contributed by atoms with Crippen molar-refractivity contribution in [2.45, 2.75) is 18.5 Å². The summed E-state index contributed by atoms with van der Waals surface area (Å²) < 4.78 is 0. The minimum Gasteiger partial charge on any atom is -0.393 e. The predicted octanol–water partition coefficient (Wildman–Crippen LogP) is 4.61. The van der Waals surface area contributed by atoms with Gasteiger partial charge in [0.05, 0.1) is 0 Å². The van der Waals surface area contributed by atoms with E-state index in [9.17, 15) is 0 Å². The Morgan fingerprint density at radius 3 is 2.55 bits per heavy atom. The molecule has 7 heteroatoms. The minimum absolute atomic E-state index is 0.259. The van der Waals surface area contributed by atoms with Crippen LogP contribution in [0, 0.1) is 0 Å². The van der Waals surface area contributed by atoms with Gasteiger partial charge in [0.25, 0.3) is 0 Å². The van der Waals surface area contributed by atoms with Crippen molar-refractivity contribution >= 4 is 52.2 Å². The Morgan fingerprint density at radius 1 is 1.20 bits per heavy atom. The van der Waals surface area contributed by atoms with Crippen LogP contribution < -0.4 is 11.1 Å². The molecule has 0 radical (unpaired) electrons. The molecule has 106 valence electrons. The first kappa shape index (κ1) is 15.2. The van der Waals surface area contributed by atoms with Crippen LogP contribution in [0.15, 0.2) is 29.4 Å². The monoisotopic (exact) mass is 328 g/mol. The third kappa shape index (κ3) is 3.91. The fourth-order valence-electron chi connectivity index (χ4n) is 1.45. The van der Waals surface area contributed by atoms with E-state index >= 15 is 0 Å². The summed E-state index contributed by atoms with van der Waals surface area (Å²) in [6.07, 6.45) is 1.04. The largest absolute Gasteiger partial charge is 0.393 e. The summed E-state index contributed by atoms with van der Waals surface area (Å²) >= 11 is 13.4. The molecule has 4 nitrogen and oxygen atoms in total. The second kappa shape index (κ2) is 7.02. The molecule has 0 unspecified atom stereocenters. The highest BCUT2D eigenvalue weighted by molar-refractivity contribution is 7.99. The van der Waals surface area contributed by atoms with Crippen LogP contribution in [0.25, 0.3) is 0 Å². The number of rotatable bonds is 5. The molecule has 0 bridgehead atoms. The van der Waals surface area contributed by atoms with Gasteiger partial charge in [-0.25, -0.2) is 9.97 Å². The van der Waals surface area contributed by atoms with Gasteiger partial charge < -0.3 is 11.1 Å². The highest BCUT2D eigenvalue weighted by atomic mass is 35.5. The van der Waals surface area contributed by atoms with Crippen LogP contribution in [0.1, 0.15) is 13.3 Å². The Morgan fingerprint density at radius 2 is 1.90 bits per heavy atom. The zero-order chi connectivity index (χ0) is 14.5. The van der Waals surface area contributed by atoms with Crippen LogP contribution in [-0.2, 0) is 0 Å². The normalized spacial score (nSPS) is 10.6. The first-order valence-electron chi connectivity index (χ1n) is 6.08. The molecule has 1 aromatic carbocycles. The molecule has 0 amide bonds. The highest BCUT2D eigenvalue weighted by Crippen LogP contribution is 2.29. The fourth-order valence-corrected chi connectivity index (χ4v) is 2.49. The van der Waals surface area contributed by atoms with Gasteiger partial charge in [0.1, 0.15) is 5.69 Å². The molecule has 20 heavy (non-hydrogen) atoms. The van der Waals surface area contributed by atoms with Crippen molar-refractivity contribution in [1.82, 2.24) is 9.97 Å². The lowest BCUT2D eigenvalue weighted by Gasteiger charge is -2.10. The Labute approximate surface area is 132 Å². The smallest absolute Gasteiger partial charge is 0.191 e. The number of aromatic nitrogens is 2. The van der Waals surface area contributed by atoms with Gasteiger partial charge in [-0.1, -0.05) is 41.9 Å². The van der Waals surface area contributed by atoms with Gasteiger partial charge in [-0.05, 0) is 30.7 Å². The number of nitrogens with two attached hydrogens (primary N) is 1. The quantitative estimate of drug-likeness (QED) is 0.476. The number of nitrogens with one attached hydrogen (secondary N) is 1. The van der Waals surface area contributed by atoms with E-state index in [0.29, 0.717) is 21.7 Å². The SMILES string of the molecule is CCCSc1nc(Cl)c(N)c(Nc2ccc(Cl)cc2)n1. The molecule has 0 saturated carbocycles. The number of benzene rings is 1. The molecule has 0 spiro atoms. The minimum atomic E-state index is 0.259. The molecule has 2 aromatic rings. The molecule has 0 aliphatic carbocycles. The van der Waals surface area contributed by atoms with Crippen LogP contribution in [0.4, 0.5) is 17.2 Å². The van der Waals surface area contributed by atoms with Gasteiger partial charge in [-0.3, -0.25) is 0 Å². The number of hydrogen-bond donors (Lipinski definition) is 2. The third-order valence-corrected chi connectivity index (χ3v) is 4.01. The van der Waals surface area contributed by atoms with Crippen LogP contribution in [0.3, 0.4) is 0 Å². The molecule has 0 fully saturated rings. The molecule has 3 N–H and O–H groups in total. The lowest BCUT2D eigenvalue weighted by Crippen LogP contribution is -2.03. The van der Waals surface area contributed by atoms with Crippen molar-refractivity contribution < 1.29 is 0 Å². The van der Waals surface area contributed by atoms with Crippen molar-refractivity contribution in [3.8, 4) is 0 Å². The topological polar surface area (TPSA) is 63.8 Å². The Kier molecular flexibility index (Phi) is 5.34. The Hall–Kier alpha value is -1.17. The zero-order valence-electron chi connectivity index (χ0n) is 10.9. The van der Waals surface area contributed by atoms with Crippen LogP contribution in [0.2, 0.25) is 10.2 Å². The number of hydrogen-bond acceptors (Lipinski definition) is 5. The van der Waals surface area contributed by atoms with Crippen molar-refractivity contribution in [2.24, 2.45) is 0 Å². The number of nitrogen functional groups attached to an aromatic ring is 1. The van der Waals surface area contributed by atoms with E-state index in [1.807, 2.05) is 12.1 Å². The summed E-state index contributed by atoms with van der Waals surface area (Å²) in [7, 11) is 0. The van der Waals surface area contributed by atoms with Gasteiger partial charge in [0.2, 0.25) is 0 Å². The maximum atomic E-state index is 6.04. The first-order chi connectivity index (χ1) is 9.60. The summed E-state index contributed by atoms with van der Waals surface area (Å²) in [6, 6.07) is 7.26. The lowest BCUT2D eigenvalue weighted by atomic mass is 10.3. The molecule has 1 heterocycles. The van der Waals surface area contributed by atoms with Crippen LogP contribution in [-0.4, -0.2) is 15.7 Å². The van der Waals surface area contributed by atoms with E-state index in [4.69, 9.17) is 28.9 Å². The first-order valence-corrected chi connectivity index (χ1v) is 7.82. The zero-order valence-corrected chi connectivity index (χ0v) is 13.2. The summed E-state index contributed by atoms with van der Waals surface area (Å²) in [4.78, 5) is 8.54. The van der Waals surface area contributed by atoms with E-state index in [2.05, 4.69) is 22.2 Å². The Balaban J connectivity index is 2.25. The number of halogens is 2. The van der Waals surface area contributed by atoms with Gasteiger partial charge in [0, 0.05) is 16.5 Å². The van der Waals surface area contributed by atoms with Gasteiger partial charge in [-0.2, -0.15) is 0 Å². The third-order valence-electron chi connectivity index (χ3n) is 2.42. The molecule has 0 aliphatic rings. The number of anilines is 3. The average molecular weight is 329 g/mol. The second-order valence-corrected chi connectivity index (χ2v) is 5.90. The van der Waals surface area contributed by atoms with Crippen LogP contribution in [0.5, 0.6) is 0 Å². The molecular formula is C13H14Cl2N4S. The summed E-state index contributed by atoms with van der Waals surface area (Å²) in [5.41, 5.74) is 7.07. The van der Waals surface area contributed by atoms with E-state index in [0.717, 1.165) is 17.9 Å². The molecular weight excluding hydrogens is 315 g/mol. The standard InChI is InChI=1S/C13H14Cl2N4S/c1-2-7-20-13-18-11(15)10(16)12(19-13)17-9-5-3-8(14)4-6-9/h3-6H,2,7,16H2,1H3,(H,17,18,19). The molecule has 0 aliphatic heterocycles. The van der Waals surface area contributed by atoms with Gasteiger partial charge in [0.15, 0.2) is 16.1 Å². The molecule has 1 aromatic heterocycles. The second-order valence-electron chi connectivity index (χ2n) is 4.04. The molecule has 2 rings (SSSR count). The van der Waals surface area contributed by atoms with E-state index in [1.165, 1.54) is 0 Å². The van der Waals surface area contributed by atoms with Crippen molar-refractivity contribution in [3.63, 3.8) is 0 Å². The molecule has 0 saturated heterocycles. The summed E-state index contributed by atoms with van der Waals surface area (Å²) in [5.74, 6) is 1.44. The summed E-state index contributed by atoms with van der Waals surface area (Å²) in [5, 5.41) is 4.67. The average Bonchev–Trinajstić information content (AvgIpc) is 2.44. The van der Waals surface area contributed by atoms with Gasteiger partial charge >= 0.3 is 0 Å². The van der Waals surface area contributed by atoms with Gasteiger partial charge in [-0.15, -0.1) is 0 Å². The predicted molar refractivity (Wildman–Crippen MR) is 87.2 cm³/mol. The Bertz CT molecular complexity index is 590. The maximum Gasteiger partial charge on any atom is 0.191 e. The lowest BCUT2D eigenvalue weighted by molar-refractivity contribution is 0.970. The van der Waals surface area contributed by atoms with Crippen LogP contribution >= 0.6 is 35.0 Å². The fraction of sp³-hybridized carbons (Fsp3) is 0.231. The van der Waals surface area contributed by atoms with Crippen molar-refractivity contribution in [2.75, 3.05) is 16.8 Å². The van der Waals surface area contributed by atoms with Crippen molar-refractivity contribution in [3.05, 3.63) is 34.4 Å². The molecule has 0 atom stereocenters. The highest BCUT2D eigenvalue weighted by Gasteiger charge is 2.10. The van der Waals surface area contributed by atoms with E-state index in [1.54, 1.807) is 23.9 Å². The van der Waals surface area contributed by atoms with E-state index in [-0.39, 0.29) is 5.15 Å². The van der Waals surface area contributed by atoms with Crippen molar-refractivity contribution in [1.29, 1.82) is 0 Å². The number of thioether (sulfide) groups is 1. The van der Waals surface area contributed by atoms with E-state index < -0.39 is 0 Å². The number of nitrogens with zero attached hydrogens (tertiary/aromatic N) is 2. The summed E-state index contributed by atoms with van der Waals surface area (Å²) in [6.45, 7) is 2.10. The maximum absolute atomic E-state index is 6.04.